The fraction of sp³-hybridized carbons (Fsp3) is 0.353. The van der Waals surface area contributed by atoms with Gasteiger partial charge >= 0.3 is 0 Å². The molecule has 1 aromatic carbocycles. The molecular weight excluding hydrogens is 297 g/mol. The standard InChI is InChI=1S/C17H18FN3O2/c1-12-19-9-8-16(20-12)23-13-5-4-10-21(11-13)17(22)14-6-2-3-7-15(14)18/h2-3,6-9,13H,4-5,10-11H2,1H3. The van der Waals surface area contributed by atoms with E-state index < -0.39 is 5.82 Å². The number of hydrogen-bond donors (Lipinski definition) is 0. The van der Waals surface area contributed by atoms with E-state index >= 15 is 0 Å². The average molecular weight is 315 g/mol. The van der Waals surface area contributed by atoms with Crippen molar-refractivity contribution in [3.05, 3.63) is 53.7 Å². The van der Waals surface area contributed by atoms with Crippen molar-refractivity contribution in [3.8, 4) is 5.88 Å². The third-order valence-electron chi connectivity index (χ3n) is 3.81. The Labute approximate surface area is 134 Å². The summed E-state index contributed by atoms with van der Waals surface area (Å²) in [7, 11) is 0. The molecule has 1 aromatic heterocycles. The van der Waals surface area contributed by atoms with Gasteiger partial charge in [-0.05, 0) is 31.9 Å². The molecule has 6 heteroatoms. The van der Waals surface area contributed by atoms with E-state index in [2.05, 4.69) is 9.97 Å². The molecule has 0 spiro atoms. The number of benzene rings is 1. The van der Waals surface area contributed by atoms with E-state index in [4.69, 9.17) is 4.74 Å². The number of aromatic nitrogens is 2. The van der Waals surface area contributed by atoms with E-state index in [9.17, 15) is 9.18 Å². The van der Waals surface area contributed by atoms with E-state index in [0.29, 0.717) is 24.8 Å². The van der Waals surface area contributed by atoms with E-state index in [1.54, 1.807) is 36.2 Å². The summed E-state index contributed by atoms with van der Waals surface area (Å²) in [6.07, 6.45) is 3.15. The third kappa shape index (κ3) is 3.64. The molecule has 120 valence electrons. The molecule has 1 fully saturated rings. The van der Waals surface area contributed by atoms with Crippen LogP contribution in [0.4, 0.5) is 4.39 Å². The van der Waals surface area contributed by atoms with Gasteiger partial charge in [-0.2, -0.15) is 4.98 Å². The number of carbonyl (C=O) groups excluding carboxylic acids is 1. The minimum atomic E-state index is -0.494. The topological polar surface area (TPSA) is 55.3 Å². The average Bonchev–Trinajstić information content (AvgIpc) is 2.55. The van der Waals surface area contributed by atoms with E-state index in [0.717, 1.165) is 12.8 Å². The lowest BCUT2D eigenvalue weighted by atomic mass is 10.1. The smallest absolute Gasteiger partial charge is 0.256 e. The predicted molar refractivity (Wildman–Crippen MR) is 82.7 cm³/mol. The second-order valence-electron chi connectivity index (χ2n) is 5.56. The third-order valence-corrected chi connectivity index (χ3v) is 3.81. The fourth-order valence-corrected chi connectivity index (χ4v) is 2.69. The number of aryl methyl sites for hydroxylation is 1. The van der Waals surface area contributed by atoms with Crippen LogP contribution in [0.1, 0.15) is 29.0 Å². The summed E-state index contributed by atoms with van der Waals surface area (Å²) in [4.78, 5) is 22.4. The van der Waals surface area contributed by atoms with Crippen LogP contribution < -0.4 is 4.74 Å². The molecule has 1 saturated heterocycles. The molecular formula is C17H18FN3O2. The Kier molecular flexibility index (Phi) is 4.50. The van der Waals surface area contributed by atoms with Crippen LogP contribution in [0.25, 0.3) is 0 Å². The van der Waals surface area contributed by atoms with Crippen LogP contribution >= 0.6 is 0 Å². The lowest BCUT2D eigenvalue weighted by Gasteiger charge is -2.32. The highest BCUT2D eigenvalue weighted by atomic mass is 19.1. The Morgan fingerprint density at radius 3 is 2.96 bits per heavy atom. The Morgan fingerprint density at radius 1 is 1.35 bits per heavy atom. The van der Waals surface area contributed by atoms with Gasteiger partial charge in [0.2, 0.25) is 5.88 Å². The van der Waals surface area contributed by atoms with Crippen LogP contribution in [0.3, 0.4) is 0 Å². The molecule has 1 amide bonds. The van der Waals surface area contributed by atoms with Crippen molar-refractivity contribution in [2.24, 2.45) is 0 Å². The van der Waals surface area contributed by atoms with E-state index in [1.165, 1.54) is 12.1 Å². The van der Waals surface area contributed by atoms with Crippen molar-refractivity contribution in [3.63, 3.8) is 0 Å². The molecule has 23 heavy (non-hydrogen) atoms. The molecule has 2 aromatic rings. The molecule has 1 aliphatic rings. The van der Waals surface area contributed by atoms with Crippen LogP contribution in [-0.2, 0) is 0 Å². The first-order valence-corrected chi connectivity index (χ1v) is 7.63. The molecule has 3 rings (SSSR count). The summed E-state index contributed by atoms with van der Waals surface area (Å²) in [5, 5.41) is 0. The highest BCUT2D eigenvalue weighted by molar-refractivity contribution is 5.94. The first-order valence-electron chi connectivity index (χ1n) is 7.63. The second-order valence-corrected chi connectivity index (χ2v) is 5.56. The summed E-state index contributed by atoms with van der Waals surface area (Å²) in [6, 6.07) is 7.75. The van der Waals surface area contributed by atoms with Gasteiger partial charge in [-0.1, -0.05) is 12.1 Å². The highest BCUT2D eigenvalue weighted by Crippen LogP contribution is 2.19. The van der Waals surface area contributed by atoms with Crippen molar-refractivity contribution in [2.75, 3.05) is 13.1 Å². The zero-order chi connectivity index (χ0) is 16.2. The summed E-state index contributed by atoms with van der Waals surface area (Å²) in [6.45, 7) is 2.83. The Hall–Kier alpha value is -2.50. The molecule has 0 radical (unpaired) electrons. The van der Waals surface area contributed by atoms with Crippen LogP contribution in [-0.4, -0.2) is 40.0 Å². The van der Waals surface area contributed by atoms with Crippen molar-refractivity contribution in [1.82, 2.24) is 14.9 Å². The van der Waals surface area contributed by atoms with Crippen LogP contribution in [0.15, 0.2) is 36.5 Å². The maximum absolute atomic E-state index is 13.8. The molecule has 0 saturated carbocycles. The van der Waals surface area contributed by atoms with Gasteiger partial charge in [-0.15, -0.1) is 0 Å². The Bertz CT molecular complexity index is 708. The maximum atomic E-state index is 13.8. The highest BCUT2D eigenvalue weighted by Gasteiger charge is 2.27. The number of amides is 1. The first-order chi connectivity index (χ1) is 11.1. The number of likely N-dealkylation sites (tertiary alicyclic amines) is 1. The summed E-state index contributed by atoms with van der Waals surface area (Å²) < 4.78 is 19.6. The molecule has 2 heterocycles. The van der Waals surface area contributed by atoms with Crippen molar-refractivity contribution in [1.29, 1.82) is 0 Å². The Balaban J connectivity index is 1.68. The van der Waals surface area contributed by atoms with Gasteiger partial charge in [0.15, 0.2) is 0 Å². The summed E-state index contributed by atoms with van der Waals surface area (Å²) in [5.74, 6) is 0.350. The number of halogens is 1. The predicted octanol–water partition coefficient (Wildman–Crippen LogP) is 2.61. The zero-order valence-corrected chi connectivity index (χ0v) is 12.9. The monoisotopic (exact) mass is 315 g/mol. The maximum Gasteiger partial charge on any atom is 0.256 e. The molecule has 1 atom stereocenters. The van der Waals surface area contributed by atoms with Crippen LogP contribution in [0.5, 0.6) is 5.88 Å². The second kappa shape index (κ2) is 6.73. The SMILES string of the molecule is Cc1nccc(OC2CCCN(C(=O)c3ccccc3F)C2)n1. The minimum Gasteiger partial charge on any atom is -0.472 e. The van der Waals surface area contributed by atoms with Crippen molar-refractivity contribution >= 4 is 5.91 Å². The largest absolute Gasteiger partial charge is 0.472 e. The van der Waals surface area contributed by atoms with Crippen molar-refractivity contribution in [2.45, 2.75) is 25.9 Å². The fourth-order valence-electron chi connectivity index (χ4n) is 2.69. The molecule has 5 nitrogen and oxygen atoms in total. The van der Waals surface area contributed by atoms with Crippen LogP contribution in [0, 0.1) is 12.7 Å². The lowest BCUT2D eigenvalue weighted by molar-refractivity contribution is 0.0523. The minimum absolute atomic E-state index is 0.103. The van der Waals surface area contributed by atoms with Gasteiger partial charge in [-0.25, -0.2) is 9.37 Å². The van der Waals surface area contributed by atoms with Gasteiger partial charge in [-0.3, -0.25) is 4.79 Å². The van der Waals surface area contributed by atoms with Crippen LogP contribution in [0.2, 0.25) is 0 Å². The molecule has 0 aliphatic carbocycles. The number of ether oxygens (including phenoxy) is 1. The number of carbonyl (C=O) groups is 1. The molecule has 1 aliphatic heterocycles. The van der Waals surface area contributed by atoms with E-state index in [1.807, 2.05) is 0 Å². The number of hydrogen-bond acceptors (Lipinski definition) is 4. The van der Waals surface area contributed by atoms with Gasteiger partial charge in [0.25, 0.3) is 5.91 Å². The molecule has 1 unspecified atom stereocenters. The number of piperidine rings is 1. The number of nitrogens with zero attached hydrogens (tertiary/aromatic N) is 3. The van der Waals surface area contributed by atoms with Gasteiger partial charge in [0.1, 0.15) is 17.7 Å². The number of rotatable bonds is 3. The van der Waals surface area contributed by atoms with Gasteiger partial charge < -0.3 is 9.64 Å². The summed E-state index contributed by atoms with van der Waals surface area (Å²) >= 11 is 0. The first kappa shape index (κ1) is 15.4. The lowest BCUT2D eigenvalue weighted by Crippen LogP contribution is -2.44. The van der Waals surface area contributed by atoms with Gasteiger partial charge in [0.05, 0.1) is 12.1 Å². The van der Waals surface area contributed by atoms with Gasteiger partial charge in [0, 0.05) is 18.8 Å². The Morgan fingerprint density at radius 2 is 2.17 bits per heavy atom. The van der Waals surface area contributed by atoms with E-state index in [-0.39, 0.29) is 17.6 Å². The molecule has 0 N–H and O–H groups in total. The molecule has 0 bridgehead atoms. The quantitative estimate of drug-likeness (QED) is 0.873. The van der Waals surface area contributed by atoms with Crippen molar-refractivity contribution < 1.29 is 13.9 Å². The summed E-state index contributed by atoms with van der Waals surface area (Å²) in [5.41, 5.74) is 0.103. The normalized spacial score (nSPS) is 17.8. The zero-order valence-electron chi connectivity index (χ0n) is 12.9.